The number of allylic oxidation sites excluding steroid dienone is 2. The summed E-state index contributed by atoms with van der Waals surface area (Å²) in [5, 5.41) is 150. The average Bonchev–Trinajstić information content (AvgIpc) is 3.55. The van der Waals surface area contributed by atoms with Crippen LogP contribution in [0, 0.1) is 50.2 Å². The van der Waals surface area contributed by atoms with E-state index in [0.29, 0.717) is 57.8 Å². The van der Waals surface area contributed by atoms with Crippen LogP contribution in [0.1, 0.15) is 106 Å². The van der Waals surface area contributed by atoms with Crippen LogP contribution in [-0.4, -0.2) is 233 Å². The molecule has 4 saturated heterocycles. The van der Waals surface area contributed by atoms with E-state index in [4.69, 9.17) is 37.9 Å². The van der Waals surface area contributed by atoms with Gasteiger partial charge in [0.25, 0.3) is 0 Å². The van der Waals surface area contributed by atoms with Gasteiger partial charge in [-0.25, -0.2) is 4.79 Å². The van der Waals surface area contributed by atoms with E-state index in [-0.39, 0.29) is 28.6 Å². The van der Waals surface area contributed by atoms with Crippen molar-refractivity contribution in [1.82, 2.24) is 0 Å². The Bertz CT molecular complexity index is 2160. The summed E-state index contributed by atoms with van der Waals surface area (Å²) in [5.74, 6) is -2.65. The molecule has 0 bridgehead atoms. The summed E-state index contributed by atoms with van der Waals surface area (Å²) in [6, 6.07) is 0. The number of ether oxygens (including phenoxy) is 8. The highest BCUT2D eigenvalue weighted by atomic mass is 16.8. The number of rotatable bonds is 12. The van der Waals surface area contributed by atoms with Gasteiger partial charge in [-0.3, -0.25) is 4.79 Å². The Hall–Kier alpha value is -2.12. The molecule has 28 unspecified atom stereocenters. The highest BCUT2D eigenvalue weighted by Gasteiger charge is 2.71. The number of carbonyl (C=O) groups is 2. The predicted octanol–water partition coefficient (Wildman–Crippen LogP) is -2.33. The van der Waals surface area contributed by atoms with Crippen molar-refractivity contribution in [2.75, 3.05) is 26.4 Å². The minimum atomic E-state index is -2.10. The van der Waals surface area contributed by atoms with E-state index in [2.05, 4.69) is 40.7 Å². The number of fused-ring (bicyclic) bond motifs is 7. The van der Waals surface area contributed by atoms with Crippen LogP contribution in [0.15, 0.2) is 11.6 Å². The standard InChI is InChI=1S/C53H84O24/c1-48(2)13-15-53(47(69)77-45-37(65)34(62)32(60)26(19-55)72-45)16-14-51(5)22(23(53)17-48)7-8-28-49(3)11-10-29(50(4,21-56)27(49)9-12-52(28,51)6)73-46-40(75-43-35(63)30(58)24(57)20-70-43)38(66)39(41(76-46)42(67)68)74-44-36(64)33(61)31(59)25(18-54)71-44/h7,23-41,43-46,54-66H,8-21H2,1-6H3,(H,67,68). The molecule has 0 aromatic carbocycles. The van der Waals surface area contributed by atoms with Crippen LogP contribution in [0.5, 0.6) is 0 Å². The third-order valence-electron chi connectivity index (χ3n) is 21.1. The molecule has 4 aliphatic heterocycles. The van der Waals surface area contributed by atoms with Gasteiger partial charge in [0.1, 0.15) is 85.5 Å². The predicted molar refractivity (Wildman–Crippen MR) is 259 cm³/mol. The third kappa shape index (κ3) is 9.65. The Kier molecular flexibility index (Phi) is 16.7. The Morgan fingerprint density at radius 3 is 1.83 bits per heavy atom. The lowest BCUT2D eigenvalue weighted by Gasteiger charge is -2.71. The first-order valence-corrected chi connectivity index (χ1v) is 27.4. The minimum Gasteiger partial charge on any atom is -0.479 e. The van der Waals surface area contributed by atoms with Gasteiger partial charge in [0, 0.05) is 5.41 Å². The molecule has 5 aliphatic carbocycles. The van der Waals surface area contributed by atoms with Crippen LogP contribution in [0.2, 0.25) is 0 Å². The van der Waals surface area contributed by atoms with E-state index in [1.807, 2.05) is 6.92 Å². The number of aliphatic hydroxyl groups excluding tert-OH is 13. The lowest BCUT2D eigenvalue weighted by Crippen LogP contribution is -2.68. The third-order valence-corrected chi connectivity index (χ3v) is 21.1. The molecule has 0 amide bonds. The molecule has 0 spiro atoms. The summed E-state index contributed by atoms with van der Waals surface area (Å²) in [6.45, 7) is 10.7. The lowest BCUT2D eigenvalue weighted by molar-refractivity contribution is -0.387. The molecular weight excluding hydrogens is 1020 g/mol. The lowest BCUT2D eigenvalue weighted by atomic mass is 9.33. The molecule has 24 nitrogen and oxygen atoms in total. The second-order valence-corrected chi connectivity index (χ2v) is 25.7. The normalized spacial score (nSPS) is 53.6. The number of carboxylic acids is 1. The largest absolute Gasteiger partial charge is 0.479 e. The second kappa shape index (κ2) is 21.6. The molecule has 9 aliphatic rings. The Morgan fingerprint density at radius 2 is 1.21 bits per heavy atom. The number of aliphatic hydroxyl groups is 13. The van der Waals surface area contributed by atoms with Gasteiger partial charge in [-0.1, -0.05) is 53.2 Å². The van der Waals surface area contributed by atoms with Crippen LogP contribution in [0.25, 0.3) is 0 Å². The fourth-order valence-corrected chi connectivity index (χ4v) is 16.2. The molecule has 28 atom stereocenters. The molecule has 0 aromatic rings. The Morgan fingerprint density at radius 1 is 0.610 bits per heavy atom. The highest BCUT2D eigenvalue weighted by molar-refractivity contribution is 5.79. The van der Waals surface area contributed by atoms with Crippen molar-refractivity contribution in [3.05, 3.63) is 11.6 Å². The van der Waals surface area contributed by atoms with Crippen LogP contribution < -0.4 is 0 Å². The van der Waals surface area contributed by atoms with Crippen molar-refractivity contribution < 1.29 is 119 Å². The molecule has 4 saturated carbocycles. The number of esters is 1. The highest BCUT2D eigenvalue weighted by Crippen LogP contribution is 2.76. The number of carbonyl (C=O) groups excluding carboxylic acids is 1. The zero-order valence-electron chi connectivity index (χ0n) is 44.6. The van der Waals surface area contributed by atoms with E-state index in [0.717, 1.165) is 6.42 Å². The minimum absolute atomic E-state index is 0.0479. The summed E-state index contributed by atoms with van der Waals surface area (Å²) < 4.78 is 47.5. The molecule has 77 heavy (non-hydrogen) atoms. The van der Waals surface area contributed by atoms with Gasteiger partial charge in [0.2, 0.25) is 6.29 Å². The number of hydrogen-bond acceptors (Lipinski definition) is 23. The summed E-state index contributed by atoms with van der Waals surface area (Å²) in [5.41, 5.74) is -2.18. The van der Waals surface area contributed by atoms with Crippen molar-refractivity contribution >= 4 is 11.9 Å². The van der Waals surface area contributed by atoms with E-state index in [1.165, 1.54) is 5.57 Å². The smallest absolute Gasteiger partial charge is 0.335 e. The SMILES string of the molecule is CC1(C)CCC2(C(=O)OC3OC(CO)C(O)C(O)C3O)CCC3(C)C(=CCC4C5(C)CCC(OC6OC(C(=O)O)C(OC7OC(CO)C(O)C(O)C7O)C(O)C6OC6OCC(O)C(O)C6O)C(C)(CO)C5CCC43C)C2C1. The number of hydrogen-bond donors (Lipinski definition) is 14. The molecule has 24 heteroatoms. The molecule has 0 radical (unpaired) electrons. The topological polar surface area (TPSA) is 391 Å². The van der Waals surface area contributed by atoms with Crippen molar-refractivity contribution in [2.24, 2.45) is 50.2 Å². The van der Waals surface area contributed by atoms with Gasteiger partial charge < -0.3 is 109 Å². The quantitative estimate of drug-likeness (QED) is 0.0554. The van der Waals surface area contributed by atoms with Gasteiger partial charge in [-0.05, 0) is 104 Å². The maximum atomic E-state index is 14.8. The molecular formula is C53H84O24. The second-order valence-electron chi connectivity index (χ2n) is 25.7. The van der Waals surface area contributed by atoms with Gasteiger partial charge in [-0.15, -0.1) is 0 Å². The van der Waals surface area contributed by atoms with Crippen LogP contribution in [0.4, 0.5) is 0 Å². The van der Waals surface area contributed by atoms with Gasteiger partial charge in [0.05, 0.1) is 37.9 Å². The number of carboxylic acid groups (broad SMARTS) is 1. The van der Waals surface area contributed by atoms with Gasteiger partial charge >= 0.3 is 11.9 Å². The Balaban J connectivity index is 0.991. The maximum absolute atomic E-state index is 14.8. The summed E-state index contributed by atoms with van der Waals surface area (Å²) >= 11 is 0. The molecule has 0 aromatic heterocycles. The van der Waals surface area contributed by atoms with Crippen molar-refractivity contribution in [2.45, 2.75) is 229 Å². The molecule has 9 rings (SSSR count). The van der Waals surface area contributed by atoms with Crippen LogP contribution in [-0.2, 0) is 47.5 Å². The fourth-order valence-electron chi connectivity index (χ4n) is 16.2. The van der Waals surface area contributed by atoms with Gasteiger partial charge in [-0.2, -0.15) is 0 Å². The first-order valence-electron chi connectivity index (χ1n) is 27.4. The summed E-state index contributed by atoms with van der Waals surface area (Å²) in [6.07, 6.45) is -26.6. The van der Waals surface area contributed by atoms with Crippen LogP contribution >= 0.6 is 0 Å². The molecule has 8 fully saturated rings. The first kappa shape index (κ1) is 59.5. The average molecular weight is 1110 g/mol. The molecule has 440 valence electrons. The zero-order chi connectivity index (χ0) is 56.3. The summed E-state index contributed by atoms with van der Waals surface area (Å²) in [4.78, 5) is 27.8. The van der Waals surface area contributed by atoms with Gasteiger partial charge in [0.15, 0.2) is 25.0 Å². The van der Waals surface area contributed by atoms with Crippen molar-refractivity contribution in [1.29, 1.82) is 0 Å². The van der Waals surface area contributed by atoms with E-state index >= 15 is 0 Å². The molecule has 4 heterocycles. The zero-order valence-corrected chi connectivity index (χ0v) is 44.6. The number of aliphatic carboxylic acids is 1. The Labute approximate surface area is 446 Å². The van der Waals surface area contributed by atoms with Crippen molar-refractivity contribution in [3.63, 3.8) is 0 Å². The van der Waals surface area contributed by atoms with Crippen molar-refractivity contribution in [3.8, 4) is 0 Å². The summed E-state index contributed by atoms with van der Waals surface area (Å²) in [7, 11) is 0. The van der Waals surface area contributed by atoms with Crippen LogP contribution in [0.3, 0.4) is 0 Å². The first-order chi connectivity index (χ1) is 36.1. The molecule has 14 N–H and O–H groups in total. The van der Waals surface area contributed by atoms with E-state index < -0.39 is 183 Å². The monoisotopic (exact) mass is 1100 g/mol. The van der Waals surface area contributed by atoms with E-state index in [9.17, 15) is 81.1 Å². The van der Waals surface area contributed by atoms with E-state index in [1.54, 1.807) is 0 Å². The maximum Gasteiger partial charge on any atom is 0.335 e. The fraction of sp³-hybridized carbons (Fsp3) is 0.925.